The zero-order valence-electron chi connectivity index (χ0n) is 5.06. The van der Waals surface area contributed by atoms with Gasteiger partial charge in [-0.3, -0.25) is 4.79 Å². The molecule has 0 aliphatic carbocycles. The van der Waals surface area contributed by atoms with Crippen LogP contribution in [0, 0.1) is 11.3 Å². The van der Waals surface area contributed by atoms with E-state index in [1.807, 2.05) is 0 Å². The molecule has 0 rings (SSSR count). The number of carbonyl (C=O) groups is 1. The van der Waals surface area contributed by atoms with Crippen LogP contribution in [0.5, 0.6) is 0 Å². The second kappa shape index (κ2) is 3.95. The molecule has 0 spiro atoms. The van der Waals surface area contributed by atoms with Crippen LogP contribution >= 0.6 is 0 Å². The highest BCUT2D eigenvalue weighted by Gasteiger charge is 2.22. The van der Waals surface area contributed by atoms with E-state index >= 15 is 0 Å². The van der Waals surface area contributed by atoms with Gasteiger partial charge in [-0.15, -0.1) is 0 Å². The van der Waals surface area contributed by atoms with Crippen molar-refractivity contribution < 1.29 is 20.1 Å². The molecule has 5 heteroatoms. The fraction of sp³-hybridized carbons (Fsp3) is 0.600. The van der Waals surface area contributed by atoms with E-state index in [0.29, 0.717) is 0 Å². The van der Waals surface area contributed by atoms with Gasteiger partial charge in [-0.25, -0.2) is 0 Å². The summed E-state index contributed by atoms with van der Waals surface area (Å²) < 4.78 is 0. The molecule has 0 aliphatic heterocycles. The van der Waals surface area contributed by atoms with Crippen molar-refractivity contribution in [3.63, 3.8) is 0 Å². The van der Waals surface area contributed by atoms with Gasteiger partial charge in [-0.05, 0) is 0 Å². The number of nitrogens with zero attached hydrogens (tertiary/aromatic N) is 1. The topological polar surface area (TPSA) is 102 Å². The van der Waals surface area contributed by atoms with Crippen molar-refractivity contribution >= 4 is 5.78 Å². The number of Topliss-reactive ketones (excluding diaryl/α,β-unsaturated/α-hetero) is 1. The molecule has 0 heterocycles. The molecule has 0 bridgehead atoms. The second-order valence-corrected chi connectivity index (χ2v) is 1.67. The molecule has 0 unspecified atom stereocenters. The van der Waals surface area contributed by atoms with Gasteiger partial charge in [0.25, 0.3) is 5.78 Å². The first-order chi connectivity index (χ1) is 4.63. The van der Waals surface area contributed by atoms with Gasteiger partial charge in [-0.1, -0.05) is 0 Å². The minimum absolute atomic E-state index is 0.741. The molecule has 0 saturated carbocycles. The number of rotatable bonds is 3. The minimum Gasteiger partial charge on any atom is -0.394 e. The summed E-state index contributed by atoms with van der Waals surface area (Å²) in [5.74, 6) is -1.15. The van der Waals surface area contributed by atoms with E-state index < -0.39 is 24.6 Å². The van der Waals surface area contributed by atoms with Crippen molar-refractivity contribution in [3.05, 3.63) is 0 Å². The molecule has 0 aromatic heterocycles. The molecule has 2 atom stereocenters. The summed E-state index contributed by atoms with van der Waals surface area (Å²) in [6.07, 6.45) is -3.36. The Labute approximate surface area is 57.1 Å². The van der Waals surface area contributed by atoms with Gasteiger partial charge < -0.3 is 15.3 Å². The van der Waals surface area contributed by atoms with E-state index in [2.05, 4.69) is 0 Å². The maximum atomic E-state index is 10.2. The number of hydrogen-bond acceptors (Lipinski definition) is 5. The summed E-state index contributed by atoms with van der Waals surface area (Å²) in [4.78, 5) is 10.2. The second-order valence-electron chi connectivity index (χ2n) is 1.67. The molecular weight excluding hydrogens is 138 g/mol. The molecule has 56 valence electrons. The van der Waals surface area contributed by atoms with E-state index in [0.717, 1.165) is 6.07 Å². The van der Waals surface area contributed by atoms with E-state index in [-0.39, 0.29) is 0 Å². The highest BCUT2D eigenvalue weighted by molar-refractivity contribution is 5.97. The Morgan fingerprint density at radius 3 is 2.40 bits per heavy atom. The number of ketones is 1. The lowest BCUT2D eigenvalue weighted by molar-refractivity contribution is -0.128. The summed E-state index contributed by atoms with van der Waals surface area (Å²) in [6, 6.07) is 1.12. The van der Waals surface area contributed by atoms with Crippen molar-refractivity contribution in [3.8, 4) is 6.07 Å². The van der Waals surface area contributed by atoms with E-state index in [1.165, 1.54) is 0 Å². The SMILES string of the molecule is N#CC(=O)[C@@H](O)[C@H](O)CO. The van der Waals surface area contributed by atoms with Crippen LogP contribution in [0.15, 0.2) is 0 Å². The highest BCUT2D eigenvalue weighted by Crippen LogP contribution is 1.92. The normalized spacial score (nSPS) is 15.4. The largest absolute Gasteiger partial charge is 0.394 e. The van der Waals surface area contributed by atoms with E-state index in [1.54, 1.807) is 0 Å². The maximum absolute atomic E-state index is 10.2. The lowest BCUT2D eigenvalue weighted by Crippen LogP contribution is -2.35. The molecule has 3 N–H and O–H groups in total. The number of carbonyl (C=O) groups excluding carboxylic acids is 1. The van der Waals surface area contributed by atoms with Crippen molar-refractivity contribution in [2.24, 2.45) is 0 Å². The Kier molecular flexibility index (Phi) is 3.57. The number of aliphatic hydroxyl groups excluding tert-OH is 3. The van der Waals surface area contributed by atoms with Gasteiger partial charge in [0.15, 0.2) is 6.10 Å². The number of hydrogen-bond donors (Lipinski definition) is 3. The fourth-order valence-electron chi connectivity index (χ4n) is 0.341. The molecule has 0 aromatic rings. The van der Waals surface area contributed by atoms with Gasteiger partial charge in [-0.2, -0.15) is 5.26 Å². The summed E-state index contributed by atoms with van der Waals surface area (Å²) in [5, 5.41) is 33.2. The van der Waals surface area contributed by atoms with Crippen molar-refractivity contribution in [1.29, 1.82) is 5.26 Å². The summed E-state index contributed by atoms with van der Waals surface area (Å²) in [7, 11) is 0. The molecule has 5 nitrogen and oxygen atoms in total. The van der Waals surface area contributed by atoms with E-state index in [4.69, 9.17) is 20.6 Å². The van der Waals surface area contributed by atoms with Crippen LogP contribution < -0.4 is 0 Å². The molecule has 0 aliphatic rings. The first-order valence-electron chi connectivity index (χ1n) is 2.54. The average molecular weight is 145 g/mol. The van der Waals surface area contributed by atoms with Crippen LogP contribution in [0.1, 0.15) is 0 Å². The molecular formula is C5H7NO4. The third-order valence-corrected chi connectivity index (χ3v) is 0.930. The van der Waals surface area contributed by atoms with Gasteiger partial charge in [0.2, 0.25) is 0 Å². The minimum atomic E-state index is -1.80. The zero-order valence-corrected chi connectivity index (χ0v) is 5.06. The quantitative estimate of drug-likeness (QED) is 0.391. The lowest BCUT2D eigenvalue weighted by atomic mass is 10.1. The van der Waals surface area contributed by atoms with Gasteiger partial charge in [0.05, 0.1) is 6.61 Å². The fourth-order valence-corrected chi connectivity index (χ4v) is 0.341. The summed E-state index contributed by atoms with van der Waals surface area (Å²) >= 11 is 0. The Bertz CT molecular complexity index is 162. The monoisotopic (exact) mass is 145 g/mol. The third kappa shape index (κ3) is 2.11. The summed E-state index contributed by atoms with van der Waals surface area (Å²) in [6.45, 7) is -0.741. The van der Waals surface area contributed by atoms with Gasteiger partial charge >= 0.3 is 0 Å². The highest BCUT2D eigenvalue weighted by atomic mass is 16.4. The molecule has 10 heavy (non-hydrogen) atoms. The first-order valence-corrected chi connectivity index (χ1v) is 2.54. The van der Waals surface area contributed by atoms with Crippen molar-refractivity contribution in [1.82, 2.24) is 0 Å². The Morgan fingerprint density at radius 2 is 2.10 bits per heavy atom. The smallest absolute Gasteiger partial charge is 0.262 e. The Hall–Kier alpha value is -0.960. The molecule has 0 amide bonds. The lowest BCUT2D eigenvalue weighted by Gasteiger charge is -2.09. The molecule has 0 aromatic carbocycles. The van der Waals surface area contributed by atoms with Crippen molar-refractivity contribution in [2.75, 3.05) is 6.61 Å². The van der Waals surface area contributed by atoms with Gasteiger partial charge in [0.1, 0.15) is 12.2 Å². The standard InChI is InChI=1S/C5H7NO4/c6-1-3(8)5(10)4(9)2-7/h4-5,7,9-10H,2H2/t4-,5-/m1/s1. The van der Waals surface area contributed by atoms with Crippen LogP contribution in [0.3, 0.4) is 0 Å². The first kappa shape index (κ1) is 9.04. The molecule has 0 radical (unpaired) electrons. The predicted octanol–water partition coefficient (Wildman–Crippen LogP) is -2.21. The average Bonchev–Trinajstić information content (AvgIpc) is 2.00. The Morgan fingerprint density at radius 1 is 1.60 bits per heavy atom. The van der Waals surface area contributed by atoms with E-state index in [9.17, 15) is 4.79 Å². The molecule has 0 saturated heterocycles. The molecule has 0 fully saturated rings. The third-order valence-electron chi connectivity index (χ3n) is 0.930. The Balaban J connectivity index is 3.97. The van der Waals surface area contributed by atoms with Crippen LogP contribution in [0.25, 0.3) is 0 Å². The van der Waals surface area contributed by atoms with Crippen LogP contribution in [-0.4, -0.2) is 39.9 Å². The van der Waals surface area contributed by atoms with Crippen LogP contribution in [0.4, 0.5) is 0 Å². The maximum Gasteiger partial charge on any atom is 0.262 e. The zero-order chi connectivity index (χ0) is 8.15. The van der Waals surface area contributed by atoms with Crippen LogP contribution in [0.2, 0.25) is 0 Å². The number of nitriles is 1. The van der Waals surface area contributed by atoms with Gasteiger partial charge in [0, 0.05) is 0 Å². The van der Waals surface area contributed by atoms with Crippen molar-refractivity contribution in [2.45, 2.75) is 12.2 Å². The van der Waals surface area contributed by atoms with Crippen LogP contribution in [-0.2, 0) is 4.79 Å². The predicted molar refractivity (Wildman–Crippen MR) is 29.7 cm³/mol. The number of aliphatic hydroxyl groups is 3. The summed E-state index contributed by atoms with van der Waals surface area (Å²) in [5.41, 5.74) is 0.